The predicted octanol–water partition coefficient (Wildman–Crippen LogP) is 3.35. The summed E-state index contributed by atoms with van der Waals surface area (Å²) < 4.78 is 0.774. The zero-order valence-electron chi connectivity index (χ0n) is 9.24. The molecular weight excluding hydrogens is 268 g/mol. The number of unbranched alkanes of at least 4 members (excludes halogenated alkanes) is 2. The van der Waals surface area contributed by atoms with Crippen molar-refractivity contribution in [2.45, 2.75) is 26.2 Å². The van der Waals surface area contributed by atoms with E-state index in [2.05, 4.69) is 33.4 Å². The fourth-order valence-electron chi connectivity index (χ4n) is 1.17. The van der Waals surface area contributed by atoms with E-state index in [-0.39, 0.29) is 5.91 Å². The second-order valence-corrected chi connectivity index (χ2v) is 4.23. The molecule has 1 rings (SSSR count). The minimum atomic E-state index is -0.194. The Kier molecular flexibility index (Phi) is 5.78. The average Bonchev–Trinajstić information content (AvgIpc) is 2.29. The zero-order chi connectivity index (χ0) is 11.8. The van der Waals surface area contributed by atoms with E-state index in [1.54, 1.807) is 12.3 Å². The molecule has 16 heavy (non-hydrogen) atoms. The van der Waals surface area contributed by atoms with Crippen LogP contribution >= 0.6 is 15.9 Å². The molecule has 0 unspecified atom stereocenters. The molecule has 0 aliphatic carbocycles. The van der Waals surface area contributed by atoms with Crippen molar-refractivity contribution in [2.24, 2.45) is 5.10 Å². The number of rotatable bonds is 5. The number of nitrogens with zero attached hydrogens (tertiary/aromatic N) is 1. The highest BCUT2D eigenvalue weighted by Gasteiger charge is 2.06. The van der Waals surface area contributed by atoms with Gasteiger partial charge in [0.1, 0.15) is 0 Å². The first-order valence-electron chi connectivity index (χ1n) is 5.32. The summed E-state index contributed by atoms with van der Waals surface area (Å²) in [6.07, 6.45) is 4.85. The van der Waals surface area contributed by atoms with Crippen LogP contribution in [0.1, 0.15) is 36.5 Å². The molecule has 86 valence electrons. The van der Waals surface area contributed by atoms with E-state index in [9.17, 15) is 4.79 Å². The highest BCUT2D eigenvalue weighted by atomic mass is 79.9. The van der Waals surface area contributed by atoms with Gasteiger partial charge in [-0.15, -0.1) is 0 Å². The van der Waals surface area contributed by atoms with Crippen molar-refractivity contribution in [1.82, 2.24) is 5.43 Å². The number of hydrogen-bond acceptors (Lipinski definition) is 2. The summed E-state index contributed by atoms with van der Waals surface area (Å²) in [5.41, 5.74) is 3.09. The van der Waals surface area contributed by atoms with Crippen molar-refractivity contribution in [3.05, 3.63) is 34.3 Å². The van der Waals surface area contributed by atoms with Gasteiger partial charge < -0.3 is 0 Å². The van der Waals surface area contributed by atoms with Crippen LogP contribution in [0.25, 0.3) is 0 Å². The lowest BCUT2D eigenvalue weighted by molar-refractivity contribution is 0.0954. The Morgan fingerprint density at radius 3 is 2.94 bits per heavy atom. The van der Waals surface area contributed by atoms with Crippen LogP contribution in [0.2, 0.25) is 0 Å². The molecule has 0 radical (unpaired) electrons. The minimum absolute atomic E-state index is 0.194. The van der Waals surface area contributed by atoms with Gasteiger partial charge in [0.15, 0.2) is 0 Å². The third-order valence-corrected chi connectivity index (χ3v) is 2.75. The number of hydrogen-bond donors (Lipinski definition) is 1. The molecule has 0 aromatic heterocycles. The van der Waals surface area contributed by atoms with Gasteiger partial charge in [0.2, 0.25) is 0 Å². The fourth-order valence-corrected chi connectivity index (χ4v) is 1.63. The lowest BCUT2D eigenvalue weighted by Gasteiger charge is -2.01. The minimum Gasteiger partial charge on any atom is -0.267 e. The van der Waals surface area contributed by atoms with Crippen molar-refractivity contribution >= 4 is 28.1 Å². The highest BCUT2D eigenvalue weighted by Crippen LogP contribution is 2.15. The summed E-state index contributed by atoms with van der Waals surface area (Å²) in [5.74, 6) is -0.194. The fraction of sp³-hybridized carbons (Fsp3) is 0.333. The maximum atomic E-state index is 11.6. The Morgan fingerprint density at radius 2 is 2.25 bits per heavy atom. The molecule has 1 aromatic rings. The van der Waals surface area contributed by atoms with Crippen molar-refractivity contribution in [2.75, 3.05) is 0 Å². The van der Waals surface area contributed by atoms with Gasteiger partial charge in [0, 0.05) is 10.7 Å². The number of halogens is 1. The Hall–Kier alpha value is -1.16. The van der Waals surface area contributed by atoms with E-state index in [1.165, 1.54) is 0 Å². The Bertz CT molecular complexity index is 377. The van der Waals surface area contributed by atoms with E-state index in [1.807, 2.05) is 18.2 Å². The van der Waals surface area contributed by atoms with E-state index in [4.69, 9.17) is 0 Å². The van der Waals surface area contributed by atoms with Crippen molar-refractivity contribution in [3.8, 4) is 0 Å². The molecular formula is C12H15BrN2O. The van der Waals surface area contributed by atoms with E-state index in [0.29, 0.717) is 5.56 Å². The summed E-state index contributed by atoms with van der Waals surface area (Å²) in [6.45, 7) is 2.12. The molecule has 1 amide bonds. The van der Waals surface area contributed by atoms with Crippen LogP contribution in [0, 0.1) is 0 Å². The average molecular weight is 283 g/mol. The largest absolute Gasteiger partial charge is 0.272 e. The summed E-state index contributed by atoms with van der Waals surface area (Å²) >= 11 is 3.32. The summed E-state index contributed by atoms with van der Waals surface area (Å²) in [7, 11) is 0. The van der Waals surface area contributed by atoms with Crippen LogP contribution in [-0.4, -0.2) is 12.1 Å². The van der Waals surface area contributed by atoms with Gasteiger partial charge >= 0.3 is 0 Å². The van der Waals surface area contributed by atoms with Gasteiger partial charge in [-0.3, -0.25) is 4.79 Å². The summed E-state index contributed by atoms with van der Waals surface area (Å²) in [4.78, 5) is 11.6. The van der Waals surface area contributed by atoms with Crippen LogP contribution in [-0.2, 0) is 0 Å². The summed E-state index contributed by atoms with van der Waals surface area (Å²) in [6, 6.07) is 7.27. The molecule has 0 fully saturated rings. The number of nitrogens with one attached hydrogen (secondary N) is 1. The van der Waals surface area contributed by atoms with Gasteiger partial charge in [-0.05, 0) is 40.9 Å². The number of benzene rings is 1. The Labute approximate surface area is 104 Å². The van der Waals surface area contributed by atoms with Gasteiger partial charge in [-0.25, -0.2) is 5.43 Å². The molecule has 0 saturated carbocycles. The quantitative estimate of drug-likeness (QED) is 0.502. The standard InChI is InChI=1S/C12H15BrN2O/c1-2-3-6-9-14-15-12(16)10-7-4-5-8-11(10)13/h4-5,7-9H,2-3,6H2,1H3,(H,15,16)/b14-9+. The first-order chi connectivity index (χ1) is 7.75. The van der Waals surface area contributed by atoms with E-state index in [0.717, 1.165) is 23.7 Å². The molecule has 0 bridgehead atoms. The van der Waals surface area contributed by atoms with Crippen molar-refractivity contribution in [3.63, 3.8) is 0 Å². The topological polar surface area (TPSA) is 41.5 Å². The molecule has 0 saturated heterocycles. The molecule has 0 spiro atoms. The van der Waals surface area contributed by atoms with Gasteiger partial charge in [-0.2, -0.15) is 5.10 Å². The summed E-state index contributed by atoms with van der Waals surface area (Å²) in [5, 5.41) is 3.88. The van der Waals surface area contributed by atoms with Crippen LogP contribution < -0.4 is 5.43 Å². The van der Waals surface area contributed by atoms with Crippen LogP contribution in [0.15, 0.2) is 33.8 Å². The molecule has 1 N–H and O–H groups in total. The molecule has 1 aromatic carbocycles. The first-order valence-corrected chi connectivity index (χ1v) is 6.11. The number of carbonyl (C=O) groups is 1. The van der Waals surface area contributed by atoms with Crippen molar-refractivity contribution in [1.29, 1.82) is 0 Å². The number of carbonyl (C=O) groups excluding carboxylic acids is 1. The van der Waals surface area contributed by atoms with Gasteiger partial charge in [0.25, 0.3) is 5.91 Å². The van der Waals surface area contributed by atoms with Crippen LogP contribution in [0.3, 0.4) is 0 Å². The molecule has 0 heterocycles. The molecule has 0 aliphatic heterocycles. The molecule has 0 aliphatic rings. The smallest absolute Gasteiger partial charge is 0.267 e. The van der Waals surface area contributed by atoms with Crippen molar-refractivity contribution < 1.29 is 4.79 Å². The van der Waals surface area contributed by atoms with Gasteiger partial charge in [-0.1, -0.05) is 25.5 Å². The Morgan fingerprint density at radius 1 is 1.50 bits per heavy atom. The third-order valence-electron chi connectivity index (χ3n) is 2.06. The maximum Gasteiger partial charge on any atom is 0.272 e. The second kappa shape index (κ2) is 7.17. The Balaban J connectivity index is 2.47. The highest BCUT2D eigenvalue weighted by molar-refractivity contribution is 9.10. The third kappa shape index (κ3) is 4.14. The normalized spacial score (nSPS) is 10.6. The SMILES string of the molecule is CCCC/C=N/NC(=O)c1ccccc1Br. The molecule has 0 atom stereocenters. The van der Waals surface area contributed by atoms with E-state index < -0.39 is 0 Å². The lowest BCUT2D eigenvalue weighted by atomic mass is 10.2. The van der Waals surface area contributed by atoms with E-state index >= 15 is 0 Å². The monoisotopic (exact) mass is 282 g/mol. The first kappa shape index (κ1) is 12.9. The van der Waals surface area contributed by atoms with Crippen LogP contribution in [0.4, 0.5) is 0 Å². The molecule has 4 heteroatoms. The second-order valence-electron chi connectivity index (χ2n) is 3.37. The number of hydrazone groups is 1. The van der Waals surface area contributed by atoms with Gasteiger partial charge in [0.05, 0.1) is 5.56 Å². The maximum absolute atomic E-state index is 11.6. The van der Waals surface area contributed by atoms with Crippen LogP contribution in [0.5, 0.6) is 0 Å². The predicted molar refractivity (Wildman–Crippen MR) is 69.6 cm³/mol. The lowest BCUT2D eigenvalue weighted by Crippen LogP contribution is -2.17. The number of amides is 1. The molecule has 3 nitrogen and oxygen atoms in total. The zero-order valence-corrected chi connectivity index (χ0v) is 10.8.